The minimum Gasteiger partial charge on any atom is -0.491 e. The number of likely N-dealkylation sites (N-methyl/N-ethyl adjacent to an activating group) is 1. The normalized spacial score (nSPS) is 17.5. The van der Waals surface area contributed by atoms with Crippen molar-refractivity contribution in [3.8, 4) is 5.75 Å². The van der Waals surface area contributed by atoms with Crippen LogP contribution in [0.4, 0.5) is 0 Å². The van der Waals surface area contributed by atoms with Crippen molar-refractivity contribution in [2.24, 2.45) is 0 Å². The Morgan fingerprint density at radius 1 is 1.45 bits per heavy atom. The quantitative estimate of drug-likeness (QED) is 0.860. The average Bonchev–Trinajstić information content (AvgIpc) is 2.50. The van der Waals surface area contributed by atoms with Crippen molar-refractivity contribution in [3.63, 3.8) is 0 Å². The van der Waals surface area contributed by atoms with Crippen molar-refractivity contribution in [1.82, 2.24) is 10.2 Å². The molecule has 1 aromatic carbocycles. The summed E-state index contributed by atoms with van der Waals surface area (Å²) in [6.45, 7) is 4.17. The van der Waals surface area contributed by atoms with Crippen molar-refractivity contribution in [3.05, 3.63) is 29.8 Å². The molecule has 1 saturated heterocycles. The van der Waals surface area contributed by atoms with Gasteiger partial charge in [-0.05, 0) is 18.6 Å². The Kier molecular flexibility index (Phi) is 8.68. The van der Waals surface area contributed by atoms with Crippen LogP contribution in [0.3, 0.4) is 0 Å². The first-order chi connectivity index (χ1) is 10.2. The maximum absolute atomic E-state index is 12.1. The first-order valence-electron chi connectivity index (χ1n) is 7.40. The number of nitrogens with zero attached hydrogens (tertiary/aromatic N) is 1. The minimum atomic E-state index is 0. The van der Waals surface area contributed by atoms with Crippen molar-refractivity contribution in [2.45, 2.75) is 19.4 Å². The van der Waals surface area contributed by atoms with Crippen LogP contribution in [0.2, 0.25) is 0 Å². The number of hydrogen-bond donors (Lipinski definition) is 1. The molecule has 1 fully saturated rings. The molecule has 0 bridgehead atoms. The maximum atomic E-state index is 12.1. The predicted octanol–water partition coefficient (Wildman–Crippen LogP) is 2.35. The molecule has 1 aliphatic rings. The Bertz CT molecular complexity index is 467. The fraction of sp³-hybridized carbons (Fsp3) is 0.562. The van der Waals surface area contributed by atoms with Gasteiger partial charge in [0, 0.05) is 37.6 Å². The van der Waals surface area contributed by atoms with Gasteiger partial charge in [-0.1, -0.05) is 18.2 Å². The van der Waals surface area contributed by atoms with Gasteiger partial charge >= 0.3 is 0 Å². The third kappa shape index (κ3) is 6.07. The zero-order chi connectivity index (χ0) is 15.1. The van der Waals surface area contributed by atoms with Crippen LogP contribution in [0, 0.1) is 6.92 Å². The molecule has 2 rings (SSSR count). The van der Waals surface area contributed by atoms with E-state index in [0.29, 0.717) is 25.6 Å². The van der Waals surface area contributed by atoms with Crippen molar-refractivity contribution >= 4 is 30.1 Å². The summed E-state index contributed by atoms with van der Waals surface area (Å²) < 4.78 is 5.73. The lowest BCUT2D eigenvalue weighted by atomic mass is 10.2. The number of halogens is 1. The summed E-state index contributed by atoms with van der Waals surface area (Å²) >= 11 is 1.92. The van der Waals surface area contributed by atoms with Gasteiger partial charge in [-0.15, -0.1) is 12.4 Å². The number of thioether (sulfide) groups is 1. The summed E-state index contributed by atoms with van der Waals surface area (Å²) in [6, 6.07) is 8.25. The number of ether oxygens (including phenoxy) is 1. The Morgan fingerprint density at radius 3 is 2.91 bits per heavy atom. The molecule has 124 valence electrons. The smallest absolute Gasteiger partial charge is 0.224 e. The lowest BCUT2D eigenvalue weighted by Crippen LogP contribution is -2.42. The van der Waals surface area contributed by atoms with E-state index in [1.807, 2.05) is 50.0 Å². The van der Waals surface area contributed by atoms with Gasteiger partial charge in [-0.3, -0.25) is 4.79 Å². The van der Waals surface area contributed by atoms with Gasteiger partial charge in [0.05, 0.1) is 6.54 Å². The fourth-order valence-corrected chi connectivity index (χ4v) is 3.20. The second kappa shape index (κ2) is 9.98. The number of para-hydroxylation sites is 1. The third-order valence-corrected chi connectivity index (χ3v) is 4.75. The highest BCUT2D eigenvalue weighted by Crippen LogP contribution is 2.16. The summed E-state index contributed by atoms with van der Waals surface area (Å²) in [7, 11) is 1.85. The molecule has 4 nitrogen and oxygen atoms in total. The number of nitrogens with one attached hydrogen (secondary N) is 1. The summed E-state index contributed by atoms with van der Waals surface area (Å²) in [5.41, 5.74) is 1.12. The van der Waals surface area contributed by atoms with Gasteiger partial charge < -0.3 is 15.0 Å². The van der Waals surface area contributed by atoms with Crippen LogP contribution >= 0.6 is 24.2 Å². The van der Waals surface area contributed by atoms with E-state index in [4.69, 9.17) is 4.74 Å². The molecule has 1 atom stereocenters. The van der Waals surface area contributed by atoms with Crippen molar-refractivity contribution < 1.29 is 9.53 Å². The zero-order valence-corrected chi connectivity index (χ0v) is 14.8. The van der Waals surface area contributed by atoms with Gasteiger partial charge in [0.25, 0.3) is 0 Å². The standard InChI is InChI=1S/C16H24N2O2S.ClH/c1-13-5-3-4-6-15(13)20-9-8-18(2)16(19)11-14-12-21-10-7-17-14;/h3-6,14,17H,7-12H2,1-2H3;1H. The van der Waals surface area contributed by atoms with Crippen LogP contribution in [-0.4, -0.2) is 55.1 Å². The van der Waals surface area contributed by atoms with Gasteiger partial charge in [0.2, 0.25) is 5.91 Å². The van der Waals surface area contributed by atoms with Crippen LogP contribution in [-0.2, 0) is 4.79 Å². The molecule has 0 saturated carbocycles. The largest absolute Gasteiger partial charge is 0.491 e. The van der Waals surface area contributed by atoms with E-state index in [0.717, 1.165) is 29.4 Å². The van der Waals surface area contributed by atoms with Crippen LogP contribution in [0.15, 0.2) is 24.3 Å². The third-order valence-electron chi connectivity index (χ3n) is 3.62. The molecule has 1 aliphatic heterocycles. The maximum Gasteiger partial charge on any atom is 0.224 e. The zero-order valence-electron chi connectivity index (χ0n) is 13.2. The predicted molar refractivity (Wildman–Crippen MR) is 95.3 cm³/mol. The number of amides is 1. The Morgan fingerprint density at radius 2 is 2.23 bits per heavy atom. The summed E-state index contributed by atoms with van der Waals surface area (Å²) in [6.07, 6.45) is 0.577. The summed E-state index contributed by atoms with van der Waals surface area (Å²) in [5, 5.41) is 3.39. The second-order valence-corrected chi connectivity index (χ2v) is 6.51. The molecule has 1 amide bonds. The van der Waals surface area contributed by atoms with Gasteiger partial charge in [0.15, 0.2) is 0 Å². The highest BCUT2D eigenvalue weighted by molar-refractivity contribution is 7.99. The molecular formula is C16H25ClN2O2S. The van der Waals surface area contributed by atoms with Gasteiger partial charge in [-0.2, -0.15) is 11.8 Å². The molecule has 0 aromatic heterocycles. The van der Waals surface area contributed by atoms with E-state index < -0.39 is 0 Å². The van der Waals surface area contributed by atoms with Gasteiger partial charge in [-0.25, -0.2) is 0 Å². The molecular weight excluding hydrogens is 320 g/mol. The Labute approximate surface area is 143 Å². The molecule has 6 heteroatoms. The molecule has 0 spiro atoms. The number of rotatable bonds is 6. The molecule has 22 heavy (non-hydrogen) atoms. The fourth-order valence-electron chi connectivity index (χ4n) is 2.25. The van der Waals surface area contributed by atoms with E-state index >= 15 is 0 Å². The Balaban J connectivity index is 0.00000242. The van der Waals surface area contributed by atoms with Crippen LogP contribution < -0.4 is 10.1 Å². The molecule has 1 aromatic rings. The summed E-state index contributed by atoms with van der Waals surface area (Å²) in [5.74, 6) is 3.25. The number of carbonyl (C=O) groups is 1. The SMILES string of the molecule is Cc1ccccc1OCCN(C)C(=O)CC1CSCCN1.Cl. The highest BCUT2D eigenvalue weighted by atomic mass is 35.5. The highest BCUT2D eigenvalue weighted by Gasteiger charge is 2.18. The van der Waals surface area contributed by atoms with E-state index in [1.54, 1.807) is 4.90 Å². The number of benzene rings is 1. The minimum absolute atomic E-state index is 0. The molecule has 1 N–H and O–H groups in total. The van der Waals surface area contributed by atoms with Crippen molar-refractivity contribution in [1.29, 1.82) is 0 Å². The number of carbonyl (C=O) groups excluding carboxylic acids is 1. The molecule has 1 heterocycles. The van der Waals surface area contributed by atoms with Crippen LogP contribution in [0.1, 0.15) is 12.0 Å². The van der Waals surface area contributed by atoms with Gasteiger partial charge in [0.1, 0.15) is 12.4 Å². The first-order valence-corrected chi connectivity index (χ1v) is 8.56. The molecule has 0 aliphatic carbocycles. The van der Waals surface area contributed by atoms with E-state index in [1.165, 1.54) is 0 Å². The van der Waals surface area contributed by atoms with Crippen molar-refractivity contribution in [2.75, 3.05) is 38.2 Å². The summed E-state index contributed by atoms with van der Waals surface area (Å²) in [4.78, 5) is 13.9. The van der Waals surface area contributed by atoms with E-state index in [9.17, 15) is 4.79 Å². The molecule has 0 radical (unpaired) electrons. The van der Waals surface area contributed by atoms with E-state index in [2.05, 4.69) is 5.32 Å². The lowest BCUT2D eigenvalue weighted by Gasteiger charge is -2.25. The second-order valence-electron chi connectivity index (χ2n) is 5.36. The number of hydrogen-bond acceptors (Lipinski definition) is 4. The Hall–Kier alpha value is -0.910. The first kappa shape index (κ1) is 19.1. The topological polar surface area (TPSA) is 41.6 Å². The van der Waals surface area contributed by atoms with Crippen LogP contribution in [0.5, 0.6) is 5.75 Å². The number of aryl methyl sites for hydroxylation is 1. The average molecular weight is 345 g/mol. The molecule has 1 unspecified atom stereocenters. The monoisotopic (exact) mass is 344 g/mol. The van der Waals surface area contributed by atoms with Crippen LogP contribution in [0.25, 0.3) is 0 Å². The lowest BCUT2D eigenvalue weighted by molar-refractivity contribution is -0.130. The van der Waals surface area contributed by atoms with E-state index in [-0.39, 0.29) is 18.3 Å².